The maximum absolute atomic E-state index is 13.9. The molecule has 184 valence electrons. The second-order valence-corrected chi connectivity index (χ2v) is 9.21. The molecule has 0 aromatic heterocycles. The second-order valence-electron chi connectivity index (χ2n) is 9.21. The lowest BCUT2D eigenvalue weighted by Crippen LogP contribution is -2.52. The molecule has 0 unspecified atom stereocenters. The van der Waals surface area contributed by atoms with E-state index in [4.69, 9.17) is 10.5 Å². The molecule has 1 aromatic carbocycles. The van der Waals surface area contributed by atoms with Crippen LogP contribution in [0.3, 0.4) is 0 Å². The minimum absolute atomic E-state index is 0.00693. The average molecular weight is 471 g/mol. The summed E-state index contributed by atoms with van der Waals surface area (Å²) in [6.45, 7) is 5.66. The minimum Gasteiger partial charge on any atom is -0.370 e. The number of ether oxygens (including phenoxy) is 1. The minimum atomic E-state index is -4.71. The van der Waals surface area contributed by atoms with Gasteiger partial charge in [0.1, 0.15) is 12.6 Å². The quantitative estimate of drug-likeness (QED) is 0.579. The summed E-state index contributed by atoms with van der Waals surface area (Å²) in [5.74, 6) is -0.197. The van der Waals surface area contributed by atoms with Gasteiger partial charge in [-0.2, -0.15) is 13.2 Å². The van der Waals surface area contributed by atoms with Gasteiger partial charge >= 0.3 is 6.18 Å². The Morgan fingerprint density at radius 1 is 1.33 bits per heavy atom. The van der Waals surface area contributed by atoms with Gasteiger partial charge in [0.15, 0.2) is 0 Å². The van der Waals surface area contributed by atoms with Crippen molar-refractivity contribution in [1.29, 1.82) is 0 Å². The predicted molar refractivity (Wildman–Crippen MR) is 120 cm³/mol. The first-order valence-corrected chi connectivity index (χ1v) is 11.4. The zero-order valence-corrected chi connectivity index (χ0v) is 19.2. The van der Waals surface area contributed by atoms with Crippen molar-refractivity contribution >= 4 is 23.2 Å². The third-order valence-corrected chi connectivity index (χ3v) is 6.15. The van der Waals surface area contributed by atoms with E-state index in [0.717, 1.165) is 25.3 Å². The van der Waals surface area contributed by atoms with Crippen LogP contribution in [0.25, 0.3) is 0 Å². The number of hydrogen-bond donors (Lipinski definition) is 2. The first-order valence-electron chi connectivity index (χ1n) is 11.4. The van der Waals surface area contributed by atoms with E-state index in [-0.39, 0.29) is 43.6 Å². The Hall–Kier alpha value is -2.17. The summed E-state index contributed by atoms with van der Waals surface area (Å²) < 4.78 is 46.7. The molecule has 2 aliphatic rings. The van der Waals surface area contributed by atoms with Crippen LogP contribution in [0.2, 0.25) is 0 Å². The van der Waals surface area contributed by atoms with Crippen LogP contribution in [0.1, 0.15) is 38.7 Å². The van der Waals surface area contributed by atoms with Gasteiger partial charge in [-0.15, -0.1) is 0 Å². The third kappa shape index (κ3) is 6.45. The van der Waals surface area contributed by atoms with Gasteiger partial charge in [0.05, 0.1) is 17.9 Å². The van der Waals surface area contributed by atoms with Gasteiger partial charge < -0.3 is 20.7 Å². The first-order chi connectivity index (χ1) is 15.6. The molecule has 3 N–H and O–H groups in total. The molecule has 1 atom stereocenters. The van der Waals surface area contributed by atoms with E-state index in [0.29, 0.717) is 19.0 Å². The molecule has 1 saturated carbocycles. The lowest BCUT2D eigenvalue weighted by molar-refractivity contribution is -0.137. The summed E-state index contributed by atoms with van der Waals surface area (Å²) in [5, 5.41) is 2.46. The Labute approximate surface area is 192 Å². The van der Waals surface area contributed by atoms with Crippen molar-refractivity contribution in [3.63, 3.8) is 0 Å². The number of anilines is 2. The number of alkyl halides is 3. The van der Waals surface area contributed by atoms with E-state index in [1.807, 2.05) is 18.7 Å². The highest BCUT2D eigenvalue weighted by atomic mass is 19.4. The molecule has 0 spiro atoms. The molecule has 7 nitrogen and oxygen atoms in total. The third-order valence-electron chi connectivity index (χ3n) is 6.15. The average Bonchev–Trinajstić information content (AvgIpc) is 2.70. The number of rotatable bonds is 9. The van der Waals surface area contributed by atoms with Gasteiger partial charge in [0, 0.05) is 31.9 Å². The molecular formula is C23H33F3N4O3. The molecule has 1 aliphatic carbocycles. The summed E-state index contributed by atoms with van der Waals surface area (Å²) in [6, 6.07) is 2.78. The van der Waals surface area contributed by atoms with Crippen molar-refractivity contribution in [1.82, 2.24) is 4.90 Å². The van der Waals surface area contributed by atoms with Gasteiger partial charge in [0.25, 0.3) is 5.91 Å². The number of benzene rings is 1. The lowest BCUT2D eigenvalue weighted by Gasteiger charge is -2.37. The summed E-state index contributed by atoms with van der Waals surface area (Å²) in [6.07, 6.45) is -1.37. The standard InChI is InChI=1S/C23H33F3N4O3/c1-15(2)12-29(13-16-4-3-5-16)20(11-27)22(32)28-19-7-6-17(10-18(19)23(24,25)26)30-8-9-33-14-21(30)31/h6-7,10,15-16,20H,3-5,8-9,11-14,27H2,1-2H3,(H,28,32)/t20-/m0/s1. The number of nitrogens with two attached hydrogens (primary N) is 1. The molecule has 2 amide bonds. The molecule has 1 aliphatic heterocycles. The van der Waals surface area contributed by atoms with Gasteiger partial charge in [-0.05, 0) is 42.9 Å². The Balaban J connectivity index is 1.83. The number of hydrogen-bond acceptors (Lipinski definition) is 5. The van der Waals surface area contributed by atoms with E-state index in [9.17, 15) is 22.8 Å². The molecule has 1 heterocycles. The van der Waals surface area contributed by atoms with Gasteiger partial charge in [-0.25, -0.2) is 0 Å². The van der Waals surface area contributed by atoms with Crippen molar-refractivity contribution in [3.05, 3.63) is 23.8 Å². The summed E-state index contributed by atoms with van der Waals surface area (Å²) >= 11 is 0. The molecule has 1 saturated heterocycles. The fourth-order valence-electron chi connectivity index (χ4n) is 4.28. The zero-order valence-electron chi connectivity index (χ0n) is 19.2. The molecule has 0 bridgehead atoms. The lowest BCUT2D eigenvalue weighted by atomic mass is 9.84. The van der Waals surface area contributed by atoms with Crippen LogP contribution in [0, 0.1) is 11.8 Å². The molecular weight excluding hydrogens is 437 g/mol. The number of morpholine rings is 1. The number of carbonyl (C=O) groups is 2. The van der Waals surface area contributed by atoms with Crippen LogP contribution in [-0.2, 0) is 20.5 Å². The molecule has 0 radical (unpaired) electrons. The molecule has 10 heteroatoms. The van der Waals surface area contributed by atoms with E-state index in [2.05, 4.69) is 5.32 Å². The fraction of sp³-hybridized carbons (Fsp3) is 0.652. The van der Waals surface area contributed by atoms with Crippen LogP contribution in [-0.4, -0.2) is 62.1 Å². The van der Waals surface area contributed by atoms with Crippen LogP contribution in [0.4, 0.5) is 24.5 Å². The van der Waals surface area contributed by atoms with E-state index in [1.165, 1.54) is 17.0 Å². The first kappa shape index (κ1) is 25.5. The van der Waals surface area contributed by atoms with Crippen LogP contribution in [0.5, 0.6) is 0 Å². The number of nitrogens with zero attached hydrogens (tertiary/aromatic N) is 2. The number of carbonyl (C=O) groups excluding carboxylic acids is 2. The Morgan fingerprint density at radius 3 is 2.61 bits per heavy atom. The van der Waals surface area contributed by atoms with Gasteiger partial charge in [-0.1, -0.05) is 20.3 Å². The smallest absolute Gasteiger partial charge is 0.370 e. The van der Waals surface area contributed by atoms with Crippen molar-refractivity contribution in [2.45, 2.75) is 45.3 Å². The highest BCUT2D eigenvalue weighted by molar-refractivity contribution is 5.98. The molecule has 2 fully saturated rings. The van der Waals surface area contributed by atoms with Gasteiger partial charge in [-0.3, -0.25) is 14.5 Å². The maximum Gasteiger partial charge on any atom is 0.418 e. The highest BCUT2D eigenvalue weighted by Gasteiger charge is 2.37. The van der Waals surface area contributed by atoms with E-state index < -0.39 is 29.6 Å². The summed E-state index contributed by atoms with van der Waals surface area (Å²) in [7, 11) is 0. The van der Waals surface area contributed by atoms with Crippen LogP contribution >= 0.6 is 0 Å². The van der Waals surface area contributed by atoms with Crippen molar-refractivity contribution in [3.8, 4) is 0 Å². The maximum atomic E-state index is 13.9. The Morgan fingerprint density at radius 2 is 2.06 bits per heavy atom. The molecule has 1 aromatic rings. The van der Waals surface area contributed by atoms with Crippen molar-refractivity contribution < 1.29 is 27.5 Å². The number of nitrogens with one attached hydrogen (secondary N) is 1. The van der Waals surface area contributed by atoms with Crippen molar-refractivity contribution in [2.24, 2.45) is 17.6 Å². The van der Waals surface area contributed by atoms with E-state index in [1.54, 1.807) is 0 Å². The largest absolute Gasteiger partial charge is 0.418 e. The molecule has 3 rings (SSSR count). The zero-order chi connectivity index (χ0) is 24.2. The van der Waals surface area contributed by atoms with Crippen molar-refractivity contribution in [2.75, 3.05) is 49.6 Å². The van der Waals surface area contributed by atoms with Crippen LogP contribution < -0.4 is 16.0 Å². The Kier molecular flexibility index (Phi) is 8.36. The van der Waals surface area contributed by atoms with Gasteiger partial charge in [0.2, 0.25) is 5.91 Å². The Bertz CT molecular complexity index is 843. The summed E-state index contributed by atoms with van der Waals surface area (Å²) in [5.41, 5.74) is 4.69. The SMILES string of the molecule is CC(C)CN(CC1CCC1)[C@@H](CN)C(=O)Nc1ccc(N2CCOCC2=O)cc1C(F)(F)F. The molecule has 33 heavy (non-hydrogen) atoms. The normalized spacial score (nSPS) is 18.5. The highest BCUT2D eigenvalue weighted by Crippen LogP contribution is 2.38. The second kappa shape index (κ2) is 10.8. The number of amides is 2. The topological polar surface area (TPSA) is 87.9 Å². The number of halogens is 3. The predicted octanol–water partition coefficient (Wildman–Crippen LogP) is 3.09. The van der Waals surface area contributed by atoms with E-state index >= 15 is 0 Å². The monoisotopic (exact) mass is 470 g/mol. The van der Waals surface area contributed by atoms with Crippen LogP contribution in [0.15, 0.2) is 18.2 Å². The summed E-state index contributed by atoms with van der Waals surface area (Å²) in [4.78, 5) is 28.4. The fourth-order valence-corrected chi connectivity index (χ4v) is 4.28.